The molecular weight excluding hydrogens is 304 g/mol. The minimum Gasteiger partial charge on any atom is -0.464 e. The van der Waals surface area contributed by atoms with E-state index in [1.165, 1.54) is 11.3 Å². The van der Waals surface area contributed by atoms with Crippen molar-refractivity contribution in [2.24, 2.45) is 5.73 Å². The van der Waals surface area contributed by atoms with Gasteiger partial charge in [0.25, 0.3) is 0 Å². The van der Waals surface area contributed by atoms with E-state index < -0.39 is 23.7 Å². The van der Waals surface area contributed by atoms with Crippen molar-refractivity contribution < 1.29 is 19.1 Å². The van der Waals surface area contributed by atoms with E-state index in [1.54, 1.807) is 27.7 Å². The second-order valence-corrected chi connectivity index (χ2v) is 6.98. The smallest absolute Gasteiger partial charge is 0.408 e. The first-order valence-electron chi connectivity index (χ1n) is 7.19. The molecule has 1 atom stereocenters. The van der Waals surface area contributed by atoms with Gasteiger partial charge in [0.2, 0.25) is 0 Å². The molecule has 6 nitrogen and oxygen atoms in total. The van der Waals surface area contributed by atoms with Crippen LogP contribution in [0.1, 0.15) is 37.4 Å². The van der Waals surface area contributed by atoms with Gasteiger partial charge in [-0.3, -0.25) is 0 Å². The molecule has 1 aromatic rings. The van der Waals surface area contributed by atoms with Crippen molar-refractivity contribution >= 4 is 23.4 Å². The Morgan fingerprint density at radius 2 is 1.95 bits per heavy atom. The summed E-state index contributed by atoms with van der Waals surface area (Å²) >= 11 is 1.51. The molecule has 0 aliphatic carbocycles. The normalized spacial score (nSPS) is 12.6. The molecule has 0 saturated carbocycles. The largest absolute Gasteiger partial charge is 0.464 e. The highest BCUT2D eigenvalue weighted by Crippen LogP contribution is 2.18. The third-order valence-corrected chi connectivity index (χ3v) is 3.72. The highest BCUT2D eigenvalue weighted by Gasteiger charge is 2.26. The maximum Gasteiger partial charge on any atom is 0.408 e. The Morgan fingerprint density at radius 3 is 2.45 bits per heavy atom. The molecule has 0 aliphatic heterocycles. The second-order valence-electron chi connectivity index (χ2n) is 5.73. The Bertz CT molecular complexity index is 508. The first-order chi connectivity index (χ1) is 10.2. The molecule has 124 valence electrons. The molecule has 0 bridgehead atoms. The standard InChI is InChI=1S/C15H24N2O4S/c1-5-20-13(18)12(17-14(19)21-15(2,3)4)8-10-6-7-11(9-16)22-10/h6-7,12H,5,8-9,16H2,1-4H3,(H,17,19). The summed E-state index contributed by atoms with van der Waals surface area (Å²) in [4.78, 5) is 25.9. The Hall–Kier alpha value is -1.60. The number of nitrogens with two attached hydrogens (primary N) is 1. The molecule has 0 saturated heterocycles. The predicted octanol–water partition coefficient (Wildman–Crippen LogP) is 2.21. The van der Waals surface area contributed by atoms with Crippen molar-refractivity contribution in [1.82, 2.24) is 5.32 Å². The van der Waals surface area contributed by atoms with Gasteiger partial charge in [-0.2, -0.15) is 0 Å². The van der Waals surface area contributed by atoms with Crippen LogP contribution in [-0.2, 0) is 27.2 Å². The molecule has 1 aromatic heterocycles. The van der Waals surface area contributed by atoms with Crippen molar-refractivity contribution in [1.29, 1.82) is 0 Å². The summed E-state index contributed by atoms with van der Waals surface area (Å²) in [6.45, 7) is 7.72. The summed E-state index contributed by atoms with van der Waals surface area (Å²) in [7, 11) is 0. The molecule has 1 rings (SSSR count). The fraction of sp³-hybridized carbons (Fsp3) is 0.600. The first kappa shape index (κ1) is 18.4. The SMILES string of the molecule is CCOC(=O)C(Cc1ccc(CN)s1)NC(=O)OC(C)(C)C. The maximum absolute atomic E-state index is 12.0. The zero-order valence-corrected chi connectivity index (χ0v) is 14.3. The lowest BCUT2D eigenvalue weighted by Gasteiger charge is -2.22. The van der Waals surface area contributed by atoms with E-state index in [0.717, 1.165) is 9.75 Å². The number of hydrogen-bond donors (Lipinski definition) is 2. The quantitative estimate of drug-likeness (QED) is 0.781. The summed E-state index contributed by atoms with van der Waals surface area (Å²) in [5.74, 6) is -0.476. The number of hydrogen-bond acceptors (Lipinski definition) is 6. The van der Waals surface area contributed by atoms with Crippen molar-refractivity contribution in [2.45, 2.75) is 52.3 Å². The molecule has 7 heteroatoms. The average Bonchev–Trinajstić information content (AvgIpc) is 2.83. The van der Waals surface area contributed by atoms with Gasteiger partial charge in [0, 0.05) is 22.7 Å². The van der Waals surface area contributed by atoms with E-state index in [-0.39, 0.29) is 6.61 Å². The second kappa shape index (κ2) is 8.14. The molecule has 22 heavy (non-hydrogen) atoms. The summed E-state index contributed by atoms with van der Waals surface area (Å²) < 4.78 is 10.2. The highest BCUT2D eigenvalue weighted by molar-refractivity contribution is 7.12. The van der Waals surface area contributed by atoms with Gasteiger partial charge in [-0.25, -0.2) is 9.59 Å². The van der Waals surface area contributed by atoms with Crippen LogP contribution in [0.2, 0.25) is 0 Å². The van der Waals surface area contributed by atoms with Crippen molar-refractivity contribution in [2.75, 3.05) is 6.61 Å². The van der Waals surface area contributed by atoms with Crippen molar-refractivity contribution in [3.63, 3.8) is 0 Å². The number of ether oxygens (including phenoxy) is 2. The van der Waals surface area contributed by atoms with Crippen molar-refractivity contribution in [3.05, 3.63) is 21.9 Å². The summed E-state index contributed by atoms with van der Waals surface area (Å²) in [6, 6.07) is 3.03. The van der Waals surface area contributed by atoms with Crippen LogP contribution in [0, 0.1) is 0 Å². The number of rotatable bonds is 6. The summed E-state index contributed by atoms with van der Waals surface area (Å²) in [6.07, 6.45) is -0.288. The van der Waals surface area contributed by atoms with Gasteiger partial charge in [-0.05, 0) is 39.8 Å². The highest BCUT2D eigenvalue weighted by atomic mass is 32.1. The third kappa shape index (κ3) is 6.44. The minimum absolute atomic E-state index is 0.254. The molecule has 0 spiro atoms. The number of amides is 1. The molecular formula is C15H24N2O4S. The molecule has 1 heterocycles. The van der Waals surface area contributed by atoms with Crippen LogP contribution < -0.4 is 11.1 Å². The minimum atomic E-state index is -0.779. The van der Waals surface area contributed by atoms with Gasteiger partial charge in [0.05, 0.1) is 6.61 Å². The molecule has 3 N–H and O–H groups in total. The lowest BCUT2D eigenvalue weighted by molar-refractivity contribution is -0.145. The number of thiophene rings is 1. The number of nitrogens with one attached hydrogen (secondary N) is 1. The van der Waals surface area contributed by atoms with Crippen LogP contribution in [-0.4, -0.2) is 30.3 Å². The number of esters is 1. The van der Waals surface area contributed by atoms with Crippen LogP contribution >= 0.6 is 11.3 Å². The predicted molar refractivity (Wildman–Crippen MR) is 85.7 cm³/mol. The number of alkyl carbamates (subject to hydrolysis) is 1. The number of carbonyl (C=O) groups is 2. The Labute approximate surface area is 135 Å². The summed E-state index contributed by atoms with van der Waals surface area (Å²) in [5, 5.41) is 2.57. The molecule has 1 amide bonds. The van der Waals surface area contributed by atoms with Crippen molar-refractivity contribution in [3.8, 4) is 0 Å². The maximum atomic E-state index is 12.0. The monoisotopic (exact) mass is 328 g/mol. The topological polar surface area (TPSA) is 90.6 Å². The van der Waals surface area contributed by atoms with Gasteiger partial charge < -0.3 is 20.5 Å². The van der Waals surface area contributed by atoms with E-state index in [2.05, 4.69) is 5.32 Å². The van der Waals surface area contributed by atoms with E-state index >= 15 is 0 Å². The van der Waals surface area contributed by atoms with Gasteiger partial charge in [-0.15, -0.1) is 11.3 Å². The number of carbonyl (C=O) groups excluding carboxylic acids is 2. The third-order valence-electron chi connectivity index (χ3n) is 2.59. The fourth-order valence-corrected chi connectivity index (χ4v) is 2.67. The Kier molecular flexibility index (Phi) is 6.83. The van der Waals surface area contributed by atoms with Gasteiger partial charge in [0.15, 0.2) is 0 Å². The van der Waals surface area contributed by atoms with E-state index in [1.807, 2.05) is 12.1 Å². The van der Waals surface area contributed by atoms with E-state index in [9.17, 15) is 9.59 Å². The average molecular weight is 328 g/mol. The zero-order chi connectivity index (χ0) is 16.8. The van der Waals surface area contributed by atoms with Crippen LogP contribution in [0.5, 0.6) is 0 Å². The molecule has 0 fully saturated rings. The fourth-order valence-electron chi connectivity index (χ4n) is 1.73. The van der Waals surface area contributed by atoms with Crippen LogP contribution in [0.3, 0.4) is 0 Å². The van der Waals surface area contributed by atoms with Gasteiger partial charge >= 0.3 is 12.1 Å². The van der Waals surface area contributed by atoms with E-state index in [4.69, 9.17) is 15.2 Å². The first-order valence-corrected chi connectivity index (χ1v) is 8.00. The van der Waals surface area contributed by atoms with Gasteiger partial charge in [0.1, 0.15) is 11.6 Å². The van der Waals surface area contributed by atoms with Gasteiger partial charge in [-0.1, -0.05) is 0 Å². The Balaban J connectivity index is 2.75. The molecule has 1 unspecified atom stereocenters. The lowest BCUT2D eigenvalue weighted by Crippen LogP contribution is -2.45. The zero-order valence-electron chi connectivity index (χ0n) is 13.5. The molecule has 0 aliphatic rings. The van der Waals surface area contributed by atoms with Crippen LogP contribution in [0.15, 0.2) is 12.1 Å². The Morgan fingerprint density at radius 1 is 1.32 bits per heavy atom. The lowest BCUT2D eigenvalue weighted by atomic mass is 10.2. The van der Waals surface area contributed by atoms with Crippen LogP contribution in [0.4, 0.5) is 4.79 Å². The molecule has 0 aromatic carbocycles. The molecule has 0 radical (unpaired) electrons. The summed E-state index contributed by atoms with van der Waals surface area (Å²) in [5.41, 5.74) is 4.95. The van der Waals surface area contributed by atoms with Crippen LogP contribution in [0.25, 0.3) is 0 Å². The van der Waals surface area contributed by atoms with E-state index in [0.29, 0.717) is 13.0 Å².